The van der Waals surface area contributed by atoms with Crippen LogP contribution in [0.25, 0.3) is 0 Å². The van der Waals surface area contributed by atoms with Gasteiger partial charge in [0, 0.05) is 30.1 Å². The highest BCUT2D eigenvalue weighted by atomic mass is 32.2. The van der Waals surface area contributed by atoms with Crippen molar-refractivity contribution in [2.24, 2.45) is 5.92 Å². The number of piperidine rings is 3. The van der Waals surface area contributed by atoms with Gasteiger partial charge in [-0.15, -0.1) is 11.8 Å². The largest absolute Gasteiger partial charge is 0.483 e. The molecule has 0 radical (unpaired) electrons. The Morgan fingerprint density at radius 1 is 1.05 bits per heavy atom. The standard InChI is InChI=1S/C26H29N3O5S.CH2O2/c30-23(28-13-14-35-24(28)25(31)32)20-6-4-5-18(15-20)16-29(21-7-2-1-3-8-21)26(33)34-22-17-27-11-9-19(22)10-12-27;2-1-3/h1-8,15,19,22,24H,9-14,16-17H2,(H,31,32);1H,(H,2,3)/t22-,24-;/m0./s1. The molecule has 4 aliphatic rings. The highest BCUT2D eigenvalue weighted by molar-refractivity contribution is 8.00. The Hall–Kier alpha value is -3.57. The smallest absolute Gasteiger partial charge is 0.414 e. The van der Waals surface area contributed by atoms with Crippen molar-refractivity contribution in [1.29, 1.82) is 0 Å². The monoisotopic (exact) mass is 541 g/mol. The Labute approximate surface area is 225 Å². The molecule has 0 aromatic heterocycles. The molecule has 4 aliphatic heterocycles. The number of carbonyl (C=O) groups is 4. The van der Waals surface area contributed by atoms with Gasteiger partial charge in [-0.25, -0.2) is 9.59 Å². The highest BCUT2D eigenvalue weighted by Crippen LogP contribution is 2.31. The van der Waals surface area contributed by atoms with Crippen molar-refractivity contribution in [2.45, 2.75) is 30.9 Å². The minimum absolute atomic E-state index is 0.107. The molecule has 2 aromatic carbocycles. The third kappa shape index (κ3) is 6.46. The van der Waals surface area contributed by atoms with Crippen molar-refractivity contribution in [2.75, 3.05) is 36.8 Å². The Balaban J connectivity index is 0.00000107. The molecule has 2 aromatic rings. The second-order valence-electron chi connectivity index (χ2n) is 9.35. The summed E-state index contributed by atoms with van der Waals surface area (Å²) in [6.07, 6.45) is 1.61. The van der Waals surface area contributed by atoms with E-state index in [1.807, 2.05) is 36.4 Å². The van der Waals surface area contributed by atoms with Crippen molar-refractivity contribution in [3.05, 3.63) is 65.7 Å². The summed E-state index contributed by atoms with van der Waals surface area (Å²) in [5.74, 6) is -0.327. The number of anilines is 1. The van der Waals surface area contributed by atoms with Crippen LogP contribution in [-0.4, -0.2) is 87.9 Å². The summed E-state index contributed by atoms with van der Waals surface area (Å²) in [6.45, 7) is 3.30. The minimum Gasteiger partial charge on any atom is -0.483 e. The number of rotatable bonds is 6. The average Bonchev–Trinajstić information content (AvgIpc) is 3.44. The maximum absolute atomic E-state index is 13.4. The average molecular weight is 542 g/mol. The predicted octanol–water partition coefficient (Wildman–Crippen LogP) is 3.22. The molecule has 0 aliphatic carbocycles. The second-order valence-corrected chi connectivity index (χ2v) is 10.5. The van der Waals surface area contributed by atoms with Gasteiger partial charge in [0.1, 0.15) is 6.10 Å². The summed E-state index contributed by atoms with van der Waals surface area (Å²) < 4.78 is 6.02. The van der Waals surface area contributed by atoms with E-state index in [4.69, 9.17) is 14.6 Å². The quantitative estimate of drug-likeness (QED) is 0.530. The molecular weight excluding hydrogens is 510 g/mol. The fourth-order valence-electron chi connectivity index (χ4n) is 5.14. The van der Waals surface area contributed by atoms with Crippen molar-refractivity contribution in [3.63, 3.8) is 0 Å². The Kier molecular flexibility index (Phi) is 9.24. The van der Waals surface area contributed by atoms with E-state index in [0.29, 0.717) is 23.8 Å². The first-order valence-electron chi connectivity index (χ1n) is 12.5. The third-order valence-electron chi connectivity index (χ3n) is 7.01. The van der Waals surface area contributed by atoms with Crippen molar-refractivity contribution >= 4 is 41.9 Å². The number of ether oxygens (including phenoxy) is 1. The van der Waals surface area contributed by atoms with Crippen LogP contribution in [-0.2, 0) is 20.9 Å². The molecule has 11 heteroatoms. The van der Waals surface area contributed by atoms with Crippen LogP contribution < -0.4 is 4.90 Å². The first-order chi connectivity index (χ1) is 18.4. The lowest BCUT2D eigenvalue weighted by atomic mass is 9.86. The fourth-order valence-corrected chi connectivity index (χ4v) is 6.19. The van der Waals surface area contributed by atoms with Crippen LogP contribution in [0.2, 0.25) is 0 Å². The van der Waals surface area contributed by atoms with Crippen LogP contribution in [0.4, 0.5) is 10.5 Å². The van der Waals surface area contributed by atoms with Crippen LogP contribution in [0.5, 0.6) is 0 Å². The topological polar surface area (TPSA) is 128 Å². The van der Waals surface area contributed by atoms with Crippen LogP contribution >= 0.6 is 11.8 Å². The van der Waals surface area contributed by atoms with E-state index in [1.165, 1.54) is 16.7 Å². The summed E-state index contributed by atoms with van der Waals surface area (Å²) in [7, 11) is 0. The maximum atomic E-state index is 13.4. The van der Waals surface area contributed by atoms with Crippen molar-refractivity contribution < 1.29 is 34.1 Å². The zero-order valence-corrected chi connectivity index (χ0v) is 21.7. The van der Waals surface area contributed by atoms with Crippen LogP contribution in [0.1, 0.15) is 28.8 Å². The summed E-state index contributed by atoms with van der Waals surface area (Å²) in [4.78, 5) is 51.7. The lowest BCUT2D eigenvalue weighted by Gasteiger charge is -2.44. The lowest BCUT2D eigenvalue weighted by molar-refractivity contribution is -0.138. The van der Waals surface area contributed by atoms with Gasteiger partial charge in [0.15, 0.2) is 5.37 Å². The second kappa shape index (κ2) is 12.8. The summed E-state index contributed by atoms with van der Waals surface area (Å²) in [5.41, 5.74) is 1.90. The van der Waals surface area contributed by atoms with Gasteiger partial charge in [0.05, 0.1) is 6.54 Å². The summed E-state index contributed by atoms with van der Waals surface area (Å²) in [5, 5.41) is 15.5. The maximum Gasteiger partial charge on any atom is 0.414 e. The van der Waals surface area contributed by atoms with E-state index >= 15 is 0 Å². The molecular formula is C27H31N3O7S. The number of amides is 2. The van der Waals surface area contributed by atoms with Crippen molar-refractivity contribution in [1.82, 2.24) is 9.80 Å². The molecule has 2 N–H and O–H groups in total. The molecule has 2 bridgehead atoms. The number of aliphatic carboxylic acids is 1. The zero-order chi connectivity index (χ0) is 27.1. The number of carboxylic acid groups (broad SMARTS) is 2. The van der Waals surface area contributed by atoms with Crippen LogP contribution in [0.3, 0.4) is 0 Å². The Bertz CT molecular complexity index is 1140. The van der Waals surface area contributed by atoms with Gasteiger partial charge in [0.2, 0.25) is 0 Å². The van der Waals surface area contributed by atoms with Gasteiger partial charge < -0.3 is 19.8 Å². The van der Waals surface area contributed by atoms with Gasteiger partial charge in [-0.3, -0.25) is 19.4 Å². The molecule has 4 saturated heterocycles. The molecule has 4 heterocycles. The molecule has 0 saturated carbocycles. The molecule has 0 spiro atoms. The molecule has 38 heavy (non-hydrogen) atoms. The van der Waals surface area contributed by atoms with Gasteiger partial charge in [-0.05, 0) is 61.7 Å². The Morgan fingerprint density at radius 2 is 1.76 bits per heavy atom. The molecule has 6 rings (SSSR count). The van der Waals surface area contributed by atoms with E-state index in [1.54, 1.807) is 23.1 Å². The molecule has 0 unspecified atom stereocenters. The predicted molar refractivity (Wildman–Crippen MR) is 142 cm³/mol. The summed E-state index contributed by atoms with van der Waals surface area (Å²) in [6, 6.07) is 16.4. The van der Waals surface area contributed by atoms with Gasteiger partial charge in [-0.1, -0.05) is 30.3 Å². The lowest BCUT2D eigenvalue weighted by Crippen LogP contribution is -2.53. The first-order valence-corrected chi connectivity index (χ1v) is 13.5. The highest BCUT2D eigenvalue weighted by Gasteiger charge is 2.38. The Morgan fingerprint density at radius 3 is 2.39 bits per heavy atom. The SMILES string of the molecule is O=C(O)[C@@H]1SCCN1C(=O)c1cccc(CN(C(=O)O[C@H]2CN3CCC2CC3)c2ccccc2)c1.O=CO. The fraction of sp³-hybridized carbons (Fsp3) is 0.407. The van der Waals surface area contributed by atoms with E-state index in [0.717, 1.165) is 43.7 Å². The number of benzene rings is 2. The van der Waals surface area contributed by atoms with Gasteiger partial charge in [0.25, 0.3) is 12.4 Å². The number of carbonyl (C=O) groups excluding carboxylic acids is 2. The number of nitrogens with zero attached hydrogens (tertiary/aromatic N) is 3. The third-order valence-corrected chi connectivity index (χ3v) is 8.20. The number of hydrogen-bond acceptors (Lipinski definition) is 7. The normalized spacial score (nSPS) is 23.6. The molecule has 10 nitrogen and oxygen atoms in total. The summed E-state index contributed by atoms with van der Waals surface area (Å²) >= 11 is 1.25. The van der Waals surface area contributed by atoms with Gasteiger partial charge in [-0.2, -0.15) is 0 Å². The van der Waals surface area contributed by atoms with E-state index in [2.05, 4.69) is 4.90 Å². The number of para-hydroxylation sites is 1. The molecule has 2 amide bonds. The number of carboxylic acids is 1. The minimum atomic E-state index is -1.01. The number of thioether (sulfide) groups is 1. The first kappa shape index (κ1) is 27.5. The van der Waals surface area contributed by atoms with E-state index in [9.17, 15) is 19.5 Å². The van der Waals surface area contributed by atoms with Gasteiger partial charge >= 0.3 is 12.1 Å². The molecule has 2 atom stereocenters. The van der Waals surface area contributed by atoms with Crippen LogP contribution in [0, 0.1) is 5.92 Å². The number of fused-ring (bicyclic) bond motifs is 3. The zero-order valence-electron chi connectivity index (χ0n) is 20.8. The van der Waals surface area contributed by atoms with E-state index < -0.39 is 17.4 Å². The van der Waals surface area contributed by atoms with E-state index in [-0.39, 0.29) is 25.0 Å². The van der Waals surface area contributed by atoms with Crippen LogP contribution in [0.15, 0.2) is 54.6 Å². The van der Waals surface area contributed by atoms with Crippen molar-refractivity contribution in [3.8, 4) is 0 Å². The molecule has 202 valence electrons. The molecule has 4 fully saturated rings. The number of hydrogen-bond donors (Lipinski definition) is 2.